The van der Waals surface area contributed by atoms with Crippen LogP contribution in [-0.2, 0) is 4.79 Å². The van der Waals surface area contributed by atoms with Gasteiger partial charge in [0, 0.05) is 5.41 Å². The highest BCUT2D eigenvalue weighted by atomic mass is 16.3. The van der Waals surface area contributed by atoms with Gasteiger partial charge in [-0.2, -0.15) is 0 Å². The van der Waals surface area contributed by atoms with E-state index in [1.165, 1.54) is 0 Å². The Balaban J connectivity index is 2.68. The number of hydrogen-bond acceptors (Lipinski definition) is 2. The zero-order chi connectivity index (χ0) is 10.9. The SMILES string of the molecule is CC(=O)C1(C)CCC(C(C)C)C(O)C1. The molecular weight excluding hydrogens is 176 g/mol. The first kappa shape index (κ1) is 11.7. The molecule has 0 bridgehead atoms. The van der Waals surface area contributed by atoms with Gasteiger partial charge < -0.3 is 5.11 Å². The van der Waals surface area contributed by atoms with Crippen molar-refractivity contribution in [2.45, 2.75) is 53.1 Å². The monoisotopic (exact) mass is 198 g/mol. The lowest BCUT2D eigenvalue weighted by Gasteiger charge is -2.40. The van der Waals surface area contributed by atoms with Crippen molar-refractivity contribution in [2.75, 3.05) is 0 Å². The number of aliphatic hydroxyl groups is 1. The van der Waals surface area contributed by atoms with E-state index in [0.717, 1.165) is 12.8 Å². The van der Waals surface area contributed by atoms with E-state index in [2.05, 4.69) is 13.8 Å². The van der Waals surface area contributed by atoms with Gasteiger partial charge in [-0.05, 0) is 38.0 Å². The molecule has 0 aromatic carbocycles. The minimum atomic E-state index is -0.294. The number of hydrogen-bond donors (Lipinski definition) is 1. The molecule has 0 radical (unpaired) electrons. The van der Waals surface area contributed by atoms with Crippen molar-refractivity contribution in [1.29, 1.82) is 0 Å². The van der Waals surface area contributed by atoms with Crippen LogP contribution in [-0.4, -0.2) is 17.0 Å². The number of Topliss-reactive ketones (excluding diaryl/α,β-unsaturated/α-hetero) is 1. The summed E-state index contributed by atoms with van der Waals surface area (Å²) in [7, 11) is 0. The van der Waals surface area contributed by atoms with Gasteiger partial charge in [-0.15, -0.1) is 0 Å². The minimum absolute atomic E-state index is 0.221. The van der Waals surface area contributed by atoms with Crippen molar-refractivity contribution in [2.24, 2.45) is 17.3 Å². The highest BCUT2D eigenvalue weighted by molar-refractivity contribution is 5.82. The predicted octanol–water partition coefficient (Wildman–Crippen LogP) is 2.40. The van der Waals surface area contributed by atoms with E-state index in [1.807, 2.05) is 6.92 Å². The van der Waals surface area contributed by atoms with E-state index in [1.54, 1.807) is 6.92 Å². The molecular formula is C12H22O2. The Morgan fingerprint density at radius 2 is 2.07 bits per heavy atom. The fraction of sp³-hybridized carbons (Fsp3) is 0.917. The third kappa shape index (κ3) is 2.17. The summed E-state index contributed by atoms with van der Waals surface area (Å²) in [5, 5.41) is 9.97. The zero-order valence-electron chi connectivity index (χ0n) is 9.71. The van der Waals surface area contributed by atoms with Crippen molar-refractivity contribution in [3.63, 3.8) is 0 Å². The van der Waals surface area contributed by atoms with Gasteiger partial charge in [0.1, 0.15) is 5.78 Å². The molecule has 1 fully saturated rings. The van der Waals surface area contributed by atoms with Crippen LogP contribution < -0.4 is 0 Å². The third-order valence-corrected chi connectivity index (χ3v) is 3.89. The first-order valence-corrected chi connectivity index (χ1v) is 5.56. The molecule has 0 amide bonds. The second kappa shape index (κ2) is 4.01. The topological polar surface area (TPSA) is 37.3 Å². The molecule has 3 unspecified atom stereocenters. The lowest BCUT2D eigenvalue weighted by molar-refractivity contribution is -0.131. The molecule has 0 aromatic heterocycles. The van der Waals surface area contributed by atoms with Gasteiger partial charge in [0.15, 0.2) is 0 Å². The standard InChI is InChI=1S/C12H22O2/c1-8(2)10-5-6-12(4,9(3)13)7-11(10)14/h8,10-11,14H,5-7H2,1-4H3. The maximum Gasteiger partial charge on any atom is 0.135 e. The summed E-state index contributed by atoms with van der Waals surface area (Å²) in [5.41, 5.74) is -0.273. The highest BCUT2D eigenvalue weighted by Crippen LogP contribution is 2.41. The third-order valence-electron chi connectivity index (χ3n) is 3.89. The van der Waals surface area contributed by atoms with Crippen molar-refractivity contribution < 1.29 is 9.90 Å². The van der Waals surface area contributed by atoms with Gasteiger partial charge in [-0.3, -0.25) is 4.79 Å². The molecule has 0 aliphatic heterocycles. The number of rotatable bonds is 2. The molecule has 14 heavy (non-hydrogen) atoms. The molecule has 1 saturated carbocycles. The van der Waals surface area contributed by atoms with Crippen LogP contribution in [0.5, 0.6) is 0 Å². The van der Waals surface area contributed by atoms with E-state index < -0.39 is 0 Å². The molecule has 2 heteroatoms. The molecule has 0 spiro atoms. The molecule has 0 aromatic rings. The van der Waals surface area contributed by atoms with Crippen LogP contribution in [0.25, 0.3) is 0 Å². The fourth-order valence-corrected chi connectivity index (χ4v) is 2.49. The molecule has 2 nitrogen and oxygen atoms in total. The van der Waals surface area contributed by atoms with Gasteiger partial charge in [0.2, 0.25) is 0 Å². The Morgan fingerprint density at radius 3 is 2.43 bits per heavy atom. The molecule has 1 N–H and O–H groups in total. The lowest BCUT2D eigenvalue weighted by atomic mass is 9.66. The second-order valence-electron chi connectivity index (χ2n) is 5.33. The summed E-state index contributed by atoms with van der Waals surface area (Å²) in [4.78, 5) is 11.4. The van der Waals surface area contributed by atoms with Crippen LogP contribution in [0.2, 0.25) is 0 Å². The van der Waals surface area contributed by atoms with Crippen LogP contribution in [0.15, 0.2) is 0 Å². The van der Waals surface area contributed by atoms with Gasteiger partial charge in [-0.25, -0.2) is 0 Å². The molecule has 0 heterocycles. The van der Waals surface area contributed by atoms with E-state index in [-0.39, 0.29) is 17.3 Å². The van der Waals surface area contributed by atoms with Crippen LogP contribution in [0.4, 0.5) is 0 Å². The Kier molecular flexibility index (Phi) is 3.36. The summed E-state index contributed by atoms with van der Waals surface area (Å²) in [5.74, 6) is 1.11. The van der Waals surface area contributed by atoms with E-state index in [4.69, 9.17) is 0 Å². The average Bonchev–Trinajstić information content (AvgIpc) is 2.02. The minimum Gasteiger partial charge on any atom is -0.393 e. The zero-order valence-corrected chi connectivity index (χ0v) is 9.71. The first-order valence-electron chi connectivity index (χ1n) is 5.56. The summed E-state index contributed by atoms with van der Waals surface area (Å²) in [6.45, 7) is 7.91. The Labute approximate surface area is 86.7 Å². The molecule has 82 valence electrons. The summed E-state index contributed by atoms with van der Waals surface area (Å²) >= 11 is 0. The smallest absolute Gasteiger partial charge is 0.135 e. The number of carbonyl (C=O) groups excluding carboxylic acids is 1. The summed E-state index contributed by atoms with van der Waals surface area (Å²) < 4.78 is 0. The number of ketones is 1. The van der Waals surface area contributed by atoms with Crippen LogP contribution in [0.1, 0.15) is 47.0 Å². The first-order chi connectivity index (χ1) is 6.37. The van der Waals surface area contributed by atoms with Crippen molar-refractivity contribution >= 4 is 5.78 Å². The van der Waals surface area contributed by atoms with E-state index in [9.17, 15) is 9.90 Å². The molecule has 1 aliphatic rings. The maximum atomic E-state index is 11.4. The number of carbonyl (C=O) groups is 1. The molecule has 1 aliphatic carbocycles. The van der Waals surface area contributed by atoms with Crippen molar-refractivity contribution in [3.8, 4) is 0 Å². The van der Waals surface area contributed by atoms with Gasteiger partial charge in [0.25, 0.3) is 0 Å². The van der Waals surface area contributed by atoms with Crippen LogP contribution in [0.3, 0.4) is 0 Å². The maximum absolute atomic E-state index is 11.4. The molecule has 3 atom stereocenters. The Hall–Kier alpha value is -0.370. The van der Waals surface area contributed by atoms with E-state index in [0.29, 0.717) is 18.3 Å². The fourth-order valence-electron chi connectivity index (χ4n) is 2.49. The quantitative estimate of drug-likeness (QED) is 0.739. The predicted molar refractivity (Wildman–Crippen MR) is 57.0 cm³/mol. The lowest BCUT2D eigenvalue weighted by Crippen LogP contribution is -2.41. The second-order valence-corrected chi connectivity index (χ2v) is 5.33. The Bertz CT molecular complexity index is 222. The van der Waals surface area contributed by atoms with Crippen molar-refractivity contribution in [1.82, 2.24) is 0 Å². The Morgan fingerprint density at radius 1 is 1.50 bits per heavy atom. The van der Waals surface area contributed by atoms with Gasteiger partial charge >= 0.3 is 0 Å². The van der Waals surface area contributed by atoms with Crippen LogP contribution in [0, 0.1) is 17.3 Å². The normalized spacial score (nSPS) is 38.7. The van der Waals surface area contributed by atoms with Gasteiger partial charge in [0.05, 0.1) is 6.10 Å². The largest absolute Gasteiger partial charge is 0.393 e. The number of aliphatic hydroxyl groups excluding tert-OH is 1. The summed E-state index contributed by atoms with van der Waals surface area (Å²) in [6, 6.07) is 0. The highest BCUT2D eigenvalue weighted by Gasteiger charge is 2.40. The molecule has 0 saturated heterocycles. The average molecular weight is 198 g/mol. The van der Waals surface area contributed by atoms with Crippen molar-refractivity contribution in [3.05, 3.63) is 0 Å². The summed E-state index contributed by atoms with van der Waals surface area (Å²) in [6.07, 6.45) is 2.26. The van der Waals surface area contributed by atoms with Crippen LogP contribution >= 0.6 is 0 Å². The van der Waals surface area contributed by atoms with Gasteiger partial charge in [-0.1, -0.05) is 20.8 Å². The van der Waals surface area contributed by atoms with E-state index >= 15 is 0 Å². The molecule has 1 rings (SSSR count).